The molecule has 0 spiro atoms. The topological polar surface area (TPSA) is 50.4 Å². The molecule has 1 aromatic rings. The summed E-state index contributed by atoms with van der Waals surface area (Å²) in [6, 6.07) is 6.47. The van der Waals surface area contributed by atoms with Crippen molar-refractivity contribution in [2.24, 2.45) is 5.92 Å². The van der Waals surface area contributed by atoms with Crippen molar-refractivity contribution in [3.63, 3.8) is 0 Å². The molecule has 2 aliphatic rings. The number of hydrogen-bond donors (Lipinski definition) is 2. The molecule has 0 radical (unpaired) electrons. The normalized spacial score (nSPS) is 25.9. The zero-order chi connectivity index (χ0) is 13.2. The Labute approximate surface area is 113 Å². The summed E-state index contributed by atoms with van der Waals surface area (Å²) in [4.78, 5) is 12.2. The van der Waals surface area contributed by atoms with Crippen molar-refractivity contribution in [2.45, 2.75) is 39.0 Å². The predicted octanol–water partition coefficient (Wildman–Crippen LogP) is 2.04. The van der Waals surface area contributed by atoms with Gasteiger partial charge in [0.2, 0.25) is 5.91 Å². The van der Waals surface area contributed by atoms with Gasteiger partial charge in [-0.2, -0.15) is 0 Å². The number of piperidine rings is 1. The highest BCUT2D eigenvalue weighted by molar-refractivity contribution is 5.92. The number of rotatable bonds is 2. The summed E-state index contributed by atoms with van der Waals surface area (Å²) in [5.41, 5.74) is 3.31. The van der Waals surface area contributed by atoms with Gasteiger partial charge in [0.05, 0.1) is 13.2 Å². The fourth-order valence-corrected chi connectivity index (χ4v) is 2.86. The molecular weight excluding hydrogens is 240 g/mol. The van der Waals surface area contributed by atoms with Crippen molar-refractivity contribution in [2.75, 3.05) is 11.9 Å². The first kappa shape index (κ1) is 12.6. The van der Waals surface area contributed by atoms with Crippen molar-refractivity contribution in [1.82, 2.24) is 5.32 Å². The second-order valence-electron chi connectivity index (χ2n) is 5.54. The molecule has 1 saturated heterocycles. The van der Waals surface area contributed by atoms with Gasteiger partial charge in [0.15, 0.2) is 0 Å². The number of ether oxygens (including phenoxy) is 1. The average molecular weight is 260 g/mol. The van der Waals surface area contributed by atoms with Crippen molar-refractivity contribution in [3.8, 4) is 0 Å². The summed E-state index contributed by atoms with van der Waals surface area (Å²) in [5, 5.41) is 6.41. The van der Waals surface area contributed by atoms with E-state index < -0.39 is 0 Å². The molecule has 2 aliphatic heterocycles. The predicted molar refractivity (Wildman–Crippen MR) is 73.8 cm³/mol. The molecule has 102 valence electrons. The van der Waals surface area contributed by atoms with Gasteiger partial charge in [-0.25, -0.2) is 0 Å². The number of nitrogens with one attached hydrogen (secondary N) is 2. The molecule has 3 rings (SSSR count). The molecule has 4 heteroatoms. The van der Waals surface area contributed by atoms with E-state index in [4.69, 9.17) is 4.74 Å². The average Bonchev–Trinajstić information content (AvgIpc) is 2.86. The Morgan fingerprint density at radius 1 is 1.37 bits per heavy atom. The summed E-state index contributed by atoms with van der Waals surface area (Å²) >= 11 is 0. The van der Waals surface area contributed by atoms with E-state index in [9.17, 15) is 4.79 Å². The van der Waals surface area contributed by atoms with Crippen LogP contribution < -0.4 is 10.6 Å². The Morgan fingerprint density at radius 2 is 2.21 bits per heavy atom. The van der Waals surface area contributed by atoms with E-state index in [1.54, 1.807) is 0 Å². The van der Waals surface area contributed by atoms with Crippen molar-refractivity contribution >= 4 is 11.6 Å². The lowest BCUT2D eigenvalue weighted by molar-refractivity contribution is -0.120. The van der Waals surface area contributed by atoms with Crippen molar-refractivity contribution in [1.29, 1.82) is 0 Å². The first-order chi connectivity index (χ1) is 9.22. The van der Waals surface area contributed by atoms with E-state index in [0.717, 1.165) is 25.1 Å². The molecule has 2 heterocycles. The maximum atomic E-state index is 12.2. The van der Waals surface area contributed by atoms with Gasteiger partial charge in [-0.1, -0.05) is 6.07 Å². The summed E-state index contributed by atoms with van der Waals surface area (Å²) < 4.78 is 5.38. The van der Waals surface area contributed by atoms with Crippen LogP contribution in [-0.4, -0.2) is 18.5 Å². The molecule has 4 nitrogen and oxygen atoms in total. The molecule has 19 heavy (non-hydrogen) atoms. The minimum absolute atomic E-state index is 0.126. The quantitative estimate of drug-likeness (QED) is 0.855. The van der Waals surface area contributed by atoms with Crippen LogP contribution in [0.25, 0.3) is 0 Å². The molecule has 0 bridgehead atoms. The Balaban J connectivity index is 1.66. The maximum absolute atomic E-state index is 12.2. The van der Waals surface area contributed by atoms with Crippen LogP contribution in [0.1, 0.15) is 30.9 Å². The van der Waals surface area contributed by atoms with Crippen LogP contribution in [0.5, 0.6) is 0 Å². The Hall–Kier alpha value is -1.39. The molecule has 0 unspecified atom stereocenters. The van der Waals surface area contributed by atoms with Gasteiger partial charge in [-0.05, 0) is 49.6 Å². The molecular formula is C15H20N2O2. The van der Waals surface area contributed by atoms with Gasteiger partial charge in [-0.15, -0.1) is 0 Å². The zero-order valence-electron chi connectivity index (χ0n) is 11.2. The van der Waals surface area contributed by atoms with E-state index in [1.165, 1.54) is 11.1 Å². The molecule has 1 aromatic carbocycles. The monoisotopic (exact) mass is 260 g/mol. The third-order valence-corrected chi connectivity index (χ3v) is 3.98. The lowest BCUT2D eigenvalue weighted by atomic mass is 9.92. The standard InChI is InChI=1S/C15H20N2O2/c1-10-6-11(4-5-16-10)15(18)17-14-3-2-12-8-19-9-13(12)7-14/h2-3,7,10-11,16H,4-6,8-9H2,1H3,(H,17,18)/t10-,11-/m0/s1. The van der Waals surface area contributed by atoms with Gasteiger partial charge >= 0.3 is 0 Å². The highest BCUT2D eigenvalue weighted by Gasteiger charge is 2.24. The number of anilines is 1. The fraction of sp³-hybridized carbons (Fsp3) is 0.533. The van der Waals surface area contributed by atoms with E-state index in [2.05, 4.69) is 17.6 Å². The highest BCUT2D eigenvalue weighted by atomic mass is 16.5. The number of carbonyl (C=O) groups excluding carboxylic acids is 1. The lowest BCUT2D eigenvalue weighted by Gasteiger charge is -2.27. The third kappa shape index (κ3) is 2.80. The molecule has 2 atom stereocenters. The van der Waals surface area contributed by atoms with Crippen LogP contribution in [0.15, 0.2) is 18.2 Å². The zero-order valence-corrected chi connectivity index (χ0v) is 11.2. The lowest BCUT2D eigenvalue weighted by Crippen LogP contribution is -2.40. The largest absolute Gasteiger partial charge is 0.372 e. The SMILES string of the molecule is C[C@H]1C[C@@H](C(=O)Nc2ccc3c(c2)COC3)CCN1. The van der Waals surface area contributed by atoms with Crippen molar-refractivity contribution < 1.29 is 9.53 Å². The Bertz CT molecular complexity index is 487. The van der Waals surface area contributed by atoms with E-state index >= 15 is 0 Å². The summed E-state index contributed by atoms with van der Waals surface area (Å²) in [6.07, 6.45) is 1.84. The Morgan fingerprint density at radius 3 is 3.05 bits per heavy atom. The molecule has 0 saturated carbocycles. The van der Waals surface area contributed by atoms with E-state index in [-0.39, 0.29) is 11.8 Å². The number of amides is 1. The minimum Gasteiger partial charge on any atom is -0.372 e. The second kappa shape index (κ2) is 5.31. The first-order valence-corrected chi connectivity index (χ1v) is 6.96. The number of benzene rings is 1. The van der Waals surface area contributed by atoms with Crippen LogP contribution in [0.3, 0.4) is 0 Å². The molecule has 1 amide bonds. The van der Waals surface area contributed by atoms with Crippen LogP contribution in [0, 0.1) is 5.92 Å². The first-order valence-electron chi connectivity index (χ1n) is 6.96. The van der Waals surface area contributed by atoms with Crippen molar-refractivity contribution in [3.05, 3.63) is 29.3 Å². The second-order valence-corrected chi connectivity index (χ2v) is 5.54. The number of hydrogen-bond acceptors (Lipinski definition) is 3. The van der Waals surface area contributed by atoms with E-state index in [0.29, 0.717) is 19.3 Å². The van der Waals surface area contributed by atoms with Crippen LogP contribution in [0.4, 0.5) is 5.69 Å². The summed E-state index contributed by atoms with van der Waals surface area (Å²) in [5.74, 6) is 0.271. The van der Waals surface area contributed by atoms with Gasteiger partial charge in [0.1, 0.15) is 0 Å². The smallest absolute Gasteiger partial charge is 0.227 e. The van der Waals surface area contributed by atoms with Gasteiger partial charge in [0.25, 0.3) is 0 Å². The summed E-state index contributed by atoms with van der Waals surface area (Å²) in [6.45, 7) is 4.41. The molecule has 0 aromatic heterocycles. The molecule has 2 N–H and O–H groups in total. The fourth-order valence-electron chi connectivity index (χ4n) is 2.86. The van der Waals surface area contributed by atoms with Gasteiger partial charge < -0.3 is 15.4 Å². The van der Waals surface area contributed by atoms with E-state index in [1.807, 2.05) is 18.2 Å². The van der Waals surface area contributed by atoms with Crippen LogP contribution in [0.2, 0.25) is 0 Å². The highest BCUT2D eigenvalue weighted by Crippen LogP contribution is 2.24. The number of fused-ring (bicyclic) bond motifs is 1. The van der Waals surface area contributed by atoms with Crippen LogP contribution >= 0.6 is 0 Å². The molecule has 0 aliphatic carbocycles. The summed E-state index contributed by atoms with van der Waals surface area (Å²) in [7, 11) is 0. The van der Waals surface area contributed by atoms with Gasteiger partial charge in [0, 0.05) is 17.6 Å². The Kier molecular flexibility index (Phi) is 3.53. The van der Waals surface area contributed by atoms with Gasteiger partial charge in [-0.3, -0.25) is 4.79 Å². The maximum Gasteiger partial charge on any atom is 0.227 e. The third-order valence-electron chi connectivity index (χ3n) is 3.98. The van der Waals surface area contributed by atoms with Crippen LogP contribution in [-0.2, 0) is 22.7 Å². The number of carbonyl (C=O) groups is 1. The minimum atomic E-state index is 0.126. The molecule has 1 fully saturated rings.